The maximum absolute atomic E-state index is 12.5. The number of amides is 1. The van der Waals surface area contributed by atoms with Crippen LogP contribution in [0.5, 0.6) is 0 Å². The zero-order chi connectivity index (χ0) is 16.6. The SMILES string of the molecule is CC[C@@H](NC(=O)c1cc2c([nH]c1=O)CCC2)c1nc(C)c(C)s1. The molecule has 0 spiro atoms. The van der Waals surface area contributed by atoms with Gasteiger partial charge in [-0.2, -0.15) is 0 Å². The summed E-state index contributed by atoms with van der Waals surface area (Å²) in [5, 5.41) is 3.86. The molecule has 1 atom stereocenters. The first-order valence-electron chi connectivity index (χ1n) is 7.99. The molecule has 0 aromatic carbocycles. The molecule has 0 aliphatic heterocycles. The fraction of sp³-hybridized carbons (Fsp3) is 0.471. The molecule has 2 aromatic rings. The summed E-state index contributed by atoms with van der Waals surface area (Å²) in [4.78, 5) is 33.2. The van der Waals surface area contributed by atoms with Crippen LogP contribution in [-0.4, -0.2) is 15.9 Å². The molecular weight excluding hydrogens is 310 g/mol. The number of nitrogens with one attached hydrogen (secondary N) is 2. The fourth-order valence-corrected chi connectivity index (χ4v) is 3.96. The van der Waals surface area contributed by atoms with Crippen molar-refractivity contribution in [2.45, 2.75) is 52.5 Å². The molecule has 1 aliphatic rings. The number of nitrogens with zero attached hydrogens (tertiary/aromatic N) is 1. The molecule has 1 amide bonds. The number of pyridine rings is 1. The van der Waals surface area contributed by atoms with Crippen LogP contribution >= 0.6 is 11.3 Å². The summed E-state index contributed by atoms with van der Waals surface area (Å²) >= 11 is 1.60. The Labute approximate surface area is 139 Å². The van der Waals surface area contributed by atoms with Crippen molar-refractivity contribution in [2.75, 3.05) is 0 Å². The largest absolute Gasteiger partial charge is 0.343 e. The van der Waals surface area contributed by atoms with Crippen LogP contribution < -0.4 is 10.9 Å². The molecule has 5 nitrogen and oxygen atoms in total. The third kappa shape index (κ3) is 3.08. The van der Waals surface area contributed by atoms with Gasteiger partial charge < -0.3 is 10.3 Å². The second-order valence-electron chi connectivity index (χ2n) is 6.00. The number of hydrogen-bond donors (Lipinski definition) is 2. The molecule has 23 heavy (non-hydrogen) atoms. The van der Waals surface area contributed by atoms with Gasteiger partial charge in [0.05, 0.1) is 11.7 Å². The molecule has 2 aromatic heterocycles. The van der Waals surface area contributed by atoms with Gasteiger partial charge in [-0.15, -0.1) is 11.3 Å². The second-order valence-corrected chi connectivity index (χ2v) is 7.23. The van der Waals surface area contributed by atoms with Gasteiger partial charge in [-0.1, -0.05) is 6.92 Å². The predicted octanol–water partition coefficient (Wildman–Crippen LogP) is 2.82. The smallest absolute Gasteiger partial charge is 0.261 e. The molecule has 0 fully saturated rings. The summed E-state index contributed by atoms with van der Waals surface area (Å²) in [6.45, 7) is 6.00. The lowest BCUT2D eigenvalue weighted by atomic mass is 10.1. The number of fused-ring (bicyclic) bond motifs is 1. The Morgan fingerprint density at radius 1 is 1.43 bits per heavy atom. The van der Waals surface area contributed by atoms with Crippen molar-refractivity contribution in [3.8, 4) is 0 Å². The molecule has 3 rings (SSSR count). The first-order valence-corrected chi connectivity index (χ1v) is 8.81. The molecule has 122 valence electrons. The molecule has 1 aliphatic carbocycles. The van der Waals surface area contributed by atoms with Crippen LogP contribution in [-0.2, 0) is 12.8 Å². The Bertz CT molecular complexity index is 787. The summed E-state index contributed by atoms with van der Waals surface area (Å²) in [6, 6.07) is 1.59. The van der Waals surface area contributed by atoms with Crippen molar-refractivity contribution in [1.82, 2.24) is 15.3 Å². The van der Waals surface area contributed by atoms with Gasteiger partial charge in [-0.3, -0.25) is 9.59 Å². The van der Waals surface area contributed by atoms with E-state index >= 15 is 0 Å². The predicted molar refractivity (Wildman–Crippen MR) is 91.2 cm³/mol. The van der Waals surface area contributed by atoms with E-state index in [1.807, 2.05) is 20.8 Å². The van der Waals surface area contributed by atoms with E-state index in [-0.39, 0.29) is 23.1 Å². The lowest BCUT2D eigenvalue weighted by Crippen LogP contribution is -2.33. The Hall–Kier alpha value is -1.95. The second kappa shape index (κ2) is 6.28. The standard InChI is InChI=1S/C17H21N3O2S/c1-4-13(17-18-9(2)10(3)23-17)19-15(21)12-8-11-6-5-7-14(11)20-16(12)22/h8,13H,4-7H2,1-3H3,(H,19,21)(H,20,22)/t13-/m1/s1. The summed E-state index contributed by atoms with van der Waals surface area (Å²) in [5.41, 5.74) is 2.96. The molecule has 0 saturated heterocycles. The van der Waals surface area contributed by atoms with E-state index in [0.29, 0.717) is 0 Å². The van der Waals surface area contributed by atoms with Crippen LogP contribution in [0.25, 0.3) is 0 Å². The van der Waals surface area contributed by atoms with E-state index in [1.165, 1.54) is 0 Å². The van der Waals surface area contributed by atoms with E-state index in [0.717, 1.165) is 52.5 Å². The van der Waals surface area contributed by atoms with Crippen molar-refractivity contribution in [3.05, 3.63) is 48.8 Å². The summed E-state index contributed by atoms with van der Waals surface area (Å²) in [6.07, 6.45) is 3.59. The molecule has 2 N–H and O–H groups in total. The number of hydrogen-bond acceptors (Lipinski definition) is 4. The molecule has 0 unspecified atom stereocenters. The molecule has 0 bridgehead atoms. The number of thiazole rings is 1. The van der Waals surface area contributed by atoms with Crippen molar-refractivity contribution < 1.29 is 4.79 Å². The maximum atomic E-state index is 12.5. The number of aromatic amines is 1. The number of H-pyrrole nitrogens is 1. The highest BCUT2D eigenvalue weighted by Gasteiger charge is 2.22. The van der Waals surface area contributed by atoms with Crippen LogP contribution in [0.15, 0.2) is 10.9 Å². The molecule has 2 heterocycles. The van der Waals surface area contributed by atoms with Crippen LogP contribution in [0.4, 0.5) is 0 Å². The van der Waals surface area contributed by atoms with E-state index in [2.05, 4.69) is 15.3 Å². The Balaban J connectivity index is 1.84. The van der Waals surface area contributed by atoms with Crippen molar-refractivity contribution in [3.63, 3.8) is 0 Å². The van der Waals surface area contributed by atoms with Crippen molar-refractivity contribution in [2.24, 2.45) is 0 Å². The van der Waals surface area contributed by atoms with Gasteiger partial charge in [0.15, 0.2) is 0 Å². The first kappa shape index (κ1) is 15.9. The minimum atomic E-state index is -0.321. The van der Waals surface area contributed by atoms with Crippen LogP contribution in [0.3, 0.4) is 0 Å². The summed E-state index contributed by atoms with van der Waals surface area (Å²) in [7, 11) is 0. The number of carbonyl (C=O) groups excluding carboxylic acids is 1. The molecule has 6 heteroatoms. The fourth-order valence-electron chi connectivity index (χ4n) is 2.90. The van der Waals surface area contributed by atoms with E-state index < -0.39 is 0 Å². The number of aromatic nitrogens is 2. The highest BCUT2D eigenvalue weighted by atomic mass is 32.1. The third-order valence-corrected chi connectivity index (χ3v) is 5.58. The minimum Gasteiger partial charge on any atom is -0.343 e. The van der Waals surface area contributed by atoms with Gasteiger partial charge >= 0.3 is 0 Å². The van der Waals surface area contributed by atoms with Crippen LogP contribution in [0, 0.1) is 13.8 Å². The Morgan fingerprint density at radius 3 is 2.87 bits per heavy atom. The Morgan fingerprint density at radius 2 is 2.22 bits per heavy atom. The lowest BCUT2D eigenvalue weighted by molar-refractivity contribution is 0.0934. The average Bonchev–Trinajstić information content (AvgIpc) is 3.10. The van der Waals surface area contributed by atoms with E-state index in [1.54, 1.807) is 17.4 Å². The van der Waals surface area contributed by atoms with Gasteiger partial charge in [0.25, 0.3) is 11.5 Å². The Kier molecular flexibility index (Phi) is 4.35. The highest BCUT2D eigenvalue weighted by molar-refractivity contribution is 7.11. The van der Waals surface area contributed by atoms with Crippen LogP contribution in [0.1, 0.15) is 63.0 Å². The van der Waals surface area contributed by atoms with Gasteiger partial charge in [0, 0.05) is 10.6 Å². The third-order valence-electron chi connectivity index (χ3n) is 4.39. The molecule has 0 radical (unpaired) electrons. The number of aryl methyl sites for hydroxylation is 4. The quantitative estimate of drug-likeness (QED) is 0.904. The van der Waals surface area contributed by atoms with Gasteiger partial charge in [-0.25, -0.2) is 4.98 Å². The summed E-state index contributed by atoms with van der Waals surface area (Å²) in [5.74, 6) is -0.321. The van der Waals surface area contributed by atoms with Crippen molar-refractivity contribution >= 4 is 17.2 Å². The topological polar surface area (TPSA) is 74.8 Å². The van der Waals surface area contributed by atoms with E-state index in [4.69, 9.17) is 0 Å². The van der Waals surface area contributed by atoms with Gasteiger partial charge in [-0.05, 0) is 51.2 Å². The normalized spacial score (nSPS) is 14.6. The number of carbonyl (C=O) groups is 1. The lowest BCUT2D eigenvalue weighted by Gasteiger charge is -2.14. The summed E-state index contributed by atoms with van der Waals surface area (Å²) < 4.78 is 0. The first-order chi connectivity index (χ1) is 11.0. The molecule has 0 saturated carbocycles. The minimum absolute atomic E-state index is 0.160. The van der Waals surface area contributed by atoms with Crippen LogP contribution in [0.2, 0.25) is 0 Å². The van der Waals surface area contributed by atoms with Gasteiger partial charge in [0.1, 0.15) is 10.6 Å². The monoisotopic (exact) mass is 331 g/mol. The van der Waals surface area contributed by atoms with E-state index in [9.17, 15) is 9.59 Å². The van der Waals surface area contributed by atoms with Gasteiger partial charge in [0.2, 0.25) is 0 Å². The van der Waals surface area contributed by atoms with Crippen molar-refractivity contribution in [1.29, 1.82) is 0 Å². The zero-order valence-corrected chi connectivity index (χ0v) is 14.5. The number of rotatable bonds is 4. The maximum Gasteiger partial charge on any atom is 0.261 e. The average molecular weight is 331 g/mol. The molecular formula is C17H21N3O2S. The zero-order valence-electron chi connectivity index (χ0n) is 13.7. The highest BCUT2D eigenvalue weighted by Crippen LogP contribution is 2.25.